The number of carbonyl (C=O) groups is 1. The van der Waals surface area contributed by atoms with Crippen molar-refractivity contribution in [3.8, 4) is 11.6 Å². The minimum absolute atomic E-state index is 0.177. The Labute approximate surface area is 117 Å². The Morgan fingerprint density at radius 3 is 2.78 bits per heavy atom. The van der Waals surface area contributed by atoms with E-state index in [4.69, 9.17) is 9.84 Å². The minimum Gasteiger partial charge on any atom is -0.478 e. The van der Waals surface area contributed by atoms with Gasteiger partial charge in [0.25, 0.3) is 0 Å². The summed E-state index contributed by atoms with van der Waals surface area (Å²) >= 11 is 2.07. The molecular weight excluding hydrogens is 347 g/mol. The maximum absolute atomic E-state index is 10.9. The molecule has 1 heterocycles. The second-order valence-electron chi connectivity index (χ2n) is 3.55. The van der Waals surface area contributed by atoms with E-state index in [1.54, 1.807) is 12.1 Å². The lowest BCUT2D eigenvalue weighted by Crippen LogP contribution is -1.98. The van der Waals surface area contributed by atoms with Gasteiger partial charge in [-0.1, -0.05) is 0 Å². The molecule has 6 heteroatoms. The highest BCUT2D eigenvalue weighted by atomic mass is 127. The summed E-state index contributed by atoms with van der Waals surface area (Å²) in [5.41, 5.74) is 0.959. The van der Waals surface area contributed by atoms with Gasteiger partial charge in [-0.2, -0.15) is 0 Å². The Bertz CT molecular complexity index is 602. The number of aromatic nitrogens is 2. The fraction of sp³-hybridized carbons (Fsp3) is 0.0833. The van der Waals surface area contributed by atoms with Crippen LogP contribution in [0.3, 0.4) is 0 Å². The van der Waals surface area contributed by atoms with E-state index in [9.17, 15) is 4.79 Å². The number of nitrogens with zero attached hydrogens (tertiary/aromatic N) is 2. The fourth-order valence-corrected chi connectivity index (χ4v) is 1.76. The molecule has 1 aromatic carbocycles. The summed E-state index contributed by atoms with van der Waals surface area (Å²) < 4.78 is 6.37. The molecule has 18 heavy (non-hydrogen) atoms. The molecular formula is C12H9IN2O3. The molecule has 1 N–H and O–H groups in total. The van der Waals surface area contributed by atoms with Gasteiger partial charge in [-0.25, -0.2) is 14.8 Å². The van der Waals surface area contributed by atoms with Crippen molar-refractivity contribution in [2.45, 2.75) is 6.92 Å². The highest BCUT2D eigenvalue weighted by Crippen LogP contribution is 2.26. The van der Waals surface area contributed by atoms with Crippen LogP contribution in [0.2, 0.25) is 0 Å². The molecule has 0 saturated heterocycles. The number of hydrogen-bond acceptors (Lipinski definition) is 4. The Morgan fingerprint density at radius 2 is 2.11 bits per heavy atom. The summed E-state index contributed by atoms with van der Waals surface area (Å²) in [5, 5.41) is 8.93. The van der Waals surface area contributed by atoms with Crippen LogP contribution in [0.1, 0.15) is 16.1 Å². The highest BCUT2D eigenvalue weighted by Gasteiger charge is 2.09. The van der Waals surface area contributed by atoms with Crippen LogP contribution in [0, 0.1) is 10.5 Å². The molecule has 0 atom stereocenters. The molecule has 0 unspecified atom stereocenters. The molecule has 92 valence electrons. The molecule has 0 radical (unpaired) electrons. The normalized spacial score (nSPS) is 10.1. The molecule has 0 aliphatic carbocycles. The Balaban J connectivity index is 2.33. The number of hydrogen-bond donors (Lipinski definition) is 1. The third-order valence-corrected chi connectivity index (χ3v) is 3.06. The third-order valence-electron chi connectivity index (χ3n) is 2.17. The topological polar surface area (TPSA) is 72.3 Å². The van der Waals surface area contributed by atoms with Gasteiger partial charge >= 0.3 is 5.97 Å². The van der Waals surface area contributed by atoms with E-state index in [1.165, 1.54) is 18.5 Å². The smallest absolute Gasteiger partial charge is 0.335 e. The lowest BCUT2D eigenvalue weighted by molar-refractivity contribution is 0.0696. The molecule has 0 aliphatic rings. The first-order chi connectivity index (χ1) is 8.56. The molecule has 0 aliphatic heterocycles. The molecule has 5 nitrogen and oxygen atoms in total. The fourth-order valence-electron chi connectivity index (χ4n) is 1.31. The van der Waals surface area contributed by atoms with Crippen LogP contribution >= 0.6 is 22.6 Å². The van der Waals surface area contributed by atoms with Crippen molar-refractivity contribution in [2.75, 3.05) is 0 Å². The number of aryl methyl sites for hydroxylation is 1. The summed E-state index contributed by atoms with van der Waals surface area (Å²) in [6.07, 6.45) is 1.40. The summed E-state index contributed by atoms with van der Waals surface area (Å²) in [4.78, 5) is 18.8. The molecule has 0 amide bonds. The van der Waals surface area contributed by atoms with Crippen LogP contribution in [0.5, 0.6) is 11.6 Å². The number of halogens is 1. The SMILES string of the molecule is Cc1cc(Oc2cc(C(=O)O)ccc2I)ncn1. The van der Waals surface area contributed by atoms with E-state index in [0.717, 1.165) is 9.26 Å². The highest BCUT2D eigenvalue weighted by molar-refractivity contribution is 14.1. The van der Waals surface area contributed by atoms with Gasteiger partial charge in [-0.15, -0.1) is 0 Å². The van der Waals surface area contributed by atoms with Crippen LogP contribution < -0.4 is 4.74 Å². The van der Waals surface area contributed by atoms with Crippen LogP contribution in [-0.4, -0.2) is 21.0 Å². The predicted molar refractivity (Wildman–Crippen MR) is 73.0 cm³/mol. The summed E-state index contributed by atoms with van der Waals surface area (Å²) in [7, 11) is 0. The number of carboxylic acid groups (broad SMARTS) is 1. The van der Waals surface area contributed by atoms with Gasteiger partial charge in [-0.3, -0.25) is 0 Å². The van der Waals surface area contributed by atoms with Crippen LogP contribution in [0.25, 0.3) is 0 Å². The van der Waals surface area contributed by atoms with E-state index in [2.05, 4.69) is 32.6 Å². The number of ether oxygens (including phenoxy) is 1. The van der Waals surface area contributed by atoms with Gasteiger partial charge in [-0.05, 0) is 47.7 Å². The average molecular weight is 356 g/mol. The first kappa shape index (κ1) is 12.7. The quantitative estimate of drug-likeness (QED) is 0.857. The summed E-state index contributed by atoms with van der Waals surface area (Å²) in [6, 6.07) is 6.38. The van der Waals surface area contributed by atoms with Crippen LogP contribution in [-0.2, 0) is 0 Å². The summed E-state index contributed by atoms with van der Waals surface area (Å²) in [5.74, 6) is -0.133. The maximum Gasteiger partial charge on any atom is 0.335 e. The number of benzene rings is 1. The van der Waals surface area contributed by atoms with Crippen LogP contribution in [0.4, 0.5) is 0 Å². The van der Waals surface area contributed by atoms with Gasteiger partial charge in [0.1, 0.15) is 12.1 Å². The molecule has 0 spiro atoms. The molecule has 2 aromatic rings. The van der Waals surface area contributed by atoms with Crippen molar-refractivity contribution >= 4 is 28.6 Å². The molecule has 2 rings (SSSR count). The van der Waals surface area contributed by atoms with E-state index < -0.39 is 5.97 Å². The maximum atomic E-state index is 10.9. The van der Waals surface area contributed by atoms with Gasteiger partial charge in [0, 0.05) is 11.8 Å². The zero-order valence-electron chi connectivity index (χ0n) is 9.42. The van der Waals surface area contributed by atoms with E-state index in [1.807, 2.05) is 6.92 Å². The van der Waals surface area contributed by atoms with Crippen LogP contribution in [0.15, 0.2) is 30.6 Å². The van der Waals surface area contributed by atoms with Crippen molar-refractivity contribution in [3.63, 3.8) is 0 Å². The number of rotatable bonds is 3. The minimum atomic E-state index is -0.991. The lowest BCUT2D eigenvalue weighted by Gasteiger charge is -2.07. The number of aromatic carboxylic acids is 1. The lowest BCUT2D eigenvalue weighted by atomic mass is 10.2. The van der Waals surface area contributed by atoms with E-state index >= 15 is 0 Å². The van der Waals surface area contributed by atoms with Gasteiger partial charge < -0.3 is 9.84 Å². The second kappa shape index (κ2) is 5.30. The van der Waals surface area contributed by atoms with Gasteiger partial charge in [0.05, 0.1) is 9.13 Å². The van der Waals surface area contributed by atoms with Crippen molar-refractivity contribution in [1.82, 2.24) is 9.97 Å². The van der Waals surface area contributed by atoms with Gasteiger partial charge in [0.15, 0.2) is 0 Å². The number of carboxylic acids is 1. The zero-order chi connectivity index (χ0) is 13.1. The van der Waals surface area contributed by atoms with Crippen molar-refractivity contribution < 1.29 is 14.6 Å². The first-order valence-electron chi connectivity index (χ1n) is 5.05. The third kappa shape index (κ3) is 2.95. The van der Waals surface area contributed by atoms with Gasteiger partial charge in [0.2, 0.25) is 5.88 Å². The largest absolute Gasteiger partial charge is 0.478 e. The Morgan fingerprint density at radius 1 is 1.33 bits per heavy atom. The van der Waals surface area contributed by atoms with E-state index in [0.29, 0.717) is 11.6 Å². The van der Waals surface area contributed by atoms with Crippen molar-refractivity contribution in [3.05, 3.63) is 45.4 Å². The molecule has 0 bridgehead atoms. The monoisotopic (exact) mass is 356 g/mol. The van der Waals surface area contributed by atoms with E-state index in [-0.39, 0.29) is 5.56 Å². The Kier molecular flexibility index (Phi) is 3.75. The Hall–Kier alpha value is -1.70. The molecule has 1 aromatic heterocycles. The van der Waals surface area contributed by atoms with Crippen molar-refractivity contribution in [2.24, 2.45) is 0 Å². The standard InChI is InChI=1S/C12H9IN2O3/c1-7-4-11(15-6-14-7)18-10-5-8(12(16)17)2-3-9(10)13/h2-6H,1H3,(H,16,17). The van der Waals surface area contributed by atoms with Crippen molar-refractivity contribution in [1.29, 1.82) is 0 Å². The first-order valence-corrected chi connectivity index (χ1v) is 6.13. The summed E-state index contributed by atoms with van der Waals surface area (Å²) in [6.45, 7) is 1.83. The molecule has 0 saturated carbocycles. The molecule has 0 fully saturated rings. The predicted octanol–water partition coefficient (Wildman–Crippen LogP) is 2.88. The zero-order valence-corrected chi connectivity index (χ0v) is 11.6. The second-order valence-corrected chi connectivity index (χ2v) is 4.71. The average Bonchev–Trinajstić information content (AvgIpc) is 2.31.